The second kappa shape index (κ2) is 9.89. The first-order chi connectivity index (χ1) is 8.97. The Bertz CT molecular complexity index is 553. The van der Waals surface area contributed by atoms with E-state index in [9.17, 15) is 4.79 Å². The molecule has 8 heteroatoms. The van der Waals surface area contributed by atoms with Crippen LogP contribution in [0, 0.1) is 0 Å². The maximum Gasteiger partial charge on any atom is 1.00 e. The molecule has 21 heavy (non-hydrogen) atoms. The Morgan fingerprint density at radius 2 is 1.81 bits per heavy atom. The molecule has 0 aliphatic carbocycles. The number of hydrogen-bond acceptors (Lipinski definition) is 4. The Morgan fingerprint density at radius 1 is 1.38 bits per heavy atom. The van der Waals surface area contributed by atoms with Gasteiger partial charge >= 0.3 is 35.5 Å². The molecule has 0 saturated carbocycles. The van der Waals surface area contributed by atoms with Gasteiger partial charge in [0.2, 0.25) is 0 Å². The van der Waals surface area contributed by atoms with Crippen molar-refractivity contribution in [3.05, 3.63) is 29.8 Å². The maximum atomic E-state index is 11.0. The predicted molar refractivity (Wildman–Crippen MR) is 82.9 cm³/mol. The third kappa shape index (κ3) is 11.2. The molecule has 0 radical (unpaired) electrons. The maximum absolute atomic E-state index is 11.0. The zero-order chi connectivity index (χ0) is 16.0. The van der Waals surface area contributed by atoms with Crippen molar-refractivity contribution >= 4 is 26.2 Å². The van der Waals surface area contributed by atoms with Crippen molar-refractivity contribution in [2.24, 2.45) is 0 Å². The van der Waals surface area contributed by atoms with Gasteiger partial charge in [0, 0.05) is 23.7 Å². The molecule has 0 heterocycles. The number of para-hydroxylation sites is 1. The third-order valence-corrected chi connectivity index (χ3v) is 2.75. The number of ether oxygens (including phenoxy) is 1. The first-order valence-electron chi connectivity index (χ1n) is 5.95. The second-order valence-electron chi connectivity index (χ2n) is 4.78. The summed E-state index contributed by atoms with van der Waals surface area (Å²) in [5, 5.41) is 0. The van der Waals surface area contributed by atoms with Crippen LogP contribution in [-0.4, -0.2) is 19.3 Å². The Hall–Kier alpha value is -0.0200. The van der Waals surface area contributed by atoms with Crippen LogP contribution in [0.25, 0.3) is 0 Å². The van der Waals surface area contributed by atoms with E-state index in [1.54, 1.807) is 0 Å². The van der Waals surface area contributed by atoms with E-state index < -0.39 is 9.05 Å². The average Bonchev–Trinajstić information content (AvgIpc) is 2.26. The van der Waals surface area contributed by atoms with E-state index in [4.69, 9.17) is 18.1 Å². The van der Waals surface area contributed by atoms with Crippen LogP contribution in [0.2, 0.25) is 0 Å². The van der Waals surface area contributed by atoms with Crippen LogP contribution in [0.5, 0.6) is 5.75 Å². The van der Waals surface area contributed by atoms with Crippen LogP contribution in [0.4, 0.5) is 0 Å². The molecule has 1 aromatic carbocycles. The zero-order valence-corrected chi connectivity index (χ0v) is 16.6. The van der Waals surface area contributed by atoms with Crippen molar-refractivity contribution in [2.75, 3.05) is 0 Å². The minimum atomic E-state index is -3.83. The standard InChI is InChI=1S/C13H18O2.Na.H2O3S2.H/c1-5-13(3,4)11-8-6-7-9-12(11)15-10(2)14;;1-5(2,3)4;/h6-9H,5H2,1-4H3;;(H2,1,2,3,4);/q;+1;;-1. The Morgan fingerprint density at radius 3 is 2.19 bits per heavy atom. The van der Waals surface area contributed by atoms with Gasteiger partial charge in [-0.15, -0.1) is 0 Å². The first-order valence-corrected chi connectivity index (χ1v) is 8.35. The molecule has 0 aliphatic rings. The number of carbonyl (C=O) groups excluding carboxylic acids is 1. The van der Waals surface area contributed by atoms with Crippen LogP contribution in [-0.2, 0) is 30.5 Å². The van der Waals surface area contributed by atoms with Crippen LogP contribution < -0.4 is 34.3 Å². The van der Waals surface area contributed by atoms with Crippen molar-refractivity contribution in [3.63, 3.8) is 0 Å². The van der Waals surface area contributed by atoms with E-state index in [-0.39, 0.29) is 42.4 Å². The summed E-state index contributed by atoms with van der Waals surface area (Å²) < 4.78 is 29.1. The van der Waals surface area contributed by atoms with Gasteiger partial charge in [0.05, 0.1) is 0 Å². The van der Waals surface area contributed by atoms with Crippen LogP contribution in [0.15, 0.2) is 24.3 Å². The van der Waals surface area contributed by atoms with Crippen molar-refractivity contribution in [1.29, 1.82) is 0 Å². The molecule has 1 rings (SSSR count). The number of esters is 1. The minimum Gasteiger partial charge on any atom is -1.00 e. The predicted octanol–water partition coefficient (Wildman–Crippen LogP) is 0.0947. The molecule has 1 aromatic rings. The SMILES string of the molecule is CCC(C)(C)c1ccccc1OC(C)=O.O=S(O)(O)=S.[H-].[Na+]. The number of hydrogen-bond donors (Lipinski definition) is 2. The van der Waals surface area contributed by atoms with E-state index in [1.165, 1.54) is 6.92 Å². The molecular formula is C13H21NaO5S2. The van der Waals surface area contributed by atoms with Gasteiger partial charge in [0.1, 0.15) is 5.75 Å². The number of rotatable bonds is 3. The Labute approximate surface area is 154 Å². The molecule has 0 amide bonds. The van der Waals surface area contributed by atoms with Crippen molar-refractivity contribution in [1.82, 2.24) is 0 Å². The largest absolute Gasteiger partial charge is 1.00 e. The van der Waals surface area contributed by atoms with Gasteiger partial charge < -0.3 is 6.16 Å². The monoisotopic (exact) mass is 344 g/mol. The summed E-state index contributed by atoms with van der Waals surface area (Å²) in [5.74, 6) is 0.409. The van der Waals surface area contributed by atoms with Gasteiger partial charge in [-0.2, -0.15) is 4.21 Å². The molecular weight excluding hydrogens is 323 g/mol. The molecule has 116 valence electrons. The van der Waals surface area contributed by atoms with Crippen molar-refractivity contribution < 1.29 is 53.8 Å². The fourth-order valence-corrected chi connectivity index (χ4v) is 1.46. The van der Waals surface area contributed by atoms with Gasteiger partial charge in [-0.1, -0.05) is 39.0 Å². The normalized spacial score (nSPS) is 10.8. The second-order valence-corrected chi connectivity index (χ2v) is 6.97. The molecule has 0 saturated heterocycles. The third-order valence-electron chi connectivity index (χ3n) is 2.75. The molecule has 5 nitrogen and oxygen atoms in total. The molecule has 2 N–H and O–H groups in total. The summed E-state index contributed by atoms with van der Waals surface area (Å²) in [7, 11) is -3.83. The quantitative estimate of drug-likeness (QED) is 0.459. The topological polar surface area (TPSA) is 83.8 Å². The van der Waals surface area contributed by atoms with E-state index in [0.29, 0.717) is 5.75 Å². The minimum absolute atomic E-state index is 0. The summed E-state index contributed by atoms with van der Waals surface area (Å²) >= 11 is 3.47. The van der Waals surface area contributed by atoms with Crippen molar-refractivity contribution in [2.45, 2.75) is 39.5 Å². The van der Waals surface area contributed by atoms with Gasteiger partial charge in [-0.3, -0.25) is 13.9 Å². The Kier molecular flexibility index (Phi) is 10.9. The van der Waals surface area contributed by atoms with E-state index in [0.717, 1.165) is 12.0 Å². The zero-order valence-electron chi connectivity index (χ0n) is 14.0. The van der Waals surface area contributed by atoms with E-state index >= 15 is 0 Å². The van der Waals surface area contributed by atoms with Gasteiger partial charge in [-0.25, -0.2) is 0 Å². The first kappa shape index (κ1) is 23.2. The summed E-state index contributed by atoms with van der Waals surface area (Å²) in [6.07, 6.45) is 1.01. The van der Waals surface area contributed by atoms with Crippen molar-refractivity contribution in [3.8, 4) is 5.75 Å². The van der Waals surface area contributed by atoms with Gasteiger partial charge in [0.25, 0.3) is 9.05 Å². The average molecular weight is 344 g/mol. The molecule has 0 spiro atoms. The molecule has 0 unspecified atom stereocenters. The Balaban J connectivity index is -0.000000452. The van der Waals surface area contributed by atoms with Gasteiger partial charge in [0.15, 0.2) is 0 Å². The fraction of sp³-hybridized carbons (Fsp3) is 0.462. The van der Waals surface area contributed by atoms with Crippen LogP contribution >= 0.6 is 0 Å². The van der Waals surface area contributed by atoms with Crippen LogP contribution in [0.1, 0.15) is 41.1 Å². The summed E-state index contributed by atoms with van der Waals surface area (Å²) in [4.78, 5) is 11.0. The van der Waals surface area contributed by atoms with Gasteiger partial charge in [-0.05, 0) is 17.9 Å². The fourth-order valence-electron chi connectivity index (χ4n) is 1.46. The summed E-state index contributed by atoms with van der Waals surface area (Å²) in [5.41, 5.74) is 1.12. The van der Waals surface area contributed by atoms with E-state index in [2.05, 4.69) is 32.0 Å². The molecule has 0 fully saturated rings. The molecule has 0 atom stereocenters. The molecule has 0 aliphatic heterocycles. The summed E-state index contributed by atoms with van der Waals surface area (Å²) in [6, 6.07) is 7.71. The number of carbonyl (C=O) groups is 1. The van der Waals surface area contributed by atoms with Crippen LogP contribution in [0.3, 0.4) is 0 Å². The molecule has 0 aromatic heterocycles. The molecule has 0 bridgehead atoms. The number of benzene rings is 1. The summed E-state index contributed by atoms with van der Waals surface area (Å²) in [6.45, 7) is 7.85. The smallest absolute Gasteiger partial charge is 1.00 e. The van der Waals surface area contributed by atoms with E-state index in [1.807, 2.05) is 24.3 Å².